The second-order valence-electron chi connectivity index (χ2n) is 5.53. The van der Waals surface area contributed by atoms with Crippen LogP contribution in [-0.2, 0) is 9.47 Å². The quantitative estimate of drug-likeness (QED) is 0.792. The number of methoxy groups -OCH3 is 1. The zero-order valence-electron chi connectivity index (χ0n) is 12.2. The van der Waals surface area contributed by atoms with Crippen LogP contribution in [0.1, 0.15) is 27.2 Å². The van der Waals surface area contributed by atoms with E-state index < -0.39 is 0 Å². The molecule has 3 heteroatoms. The Morgan fingerprint density at radius 1 is 1.21 bits per heavy atom. The van der Waals surface area contributed by atoms with Crippen LogP contribution in [0.5, 0.6) is 0 Å². The van der Waals surface area contributed by atoms with E-state index in [0.717, 1.165) is 0 Å². The molecule has 2 nitrogen and oxygen atoms in total. The normalized spacial score (nSPS) is 33.1. The van der Waals surface area contributed by atoms with Gasteiger partial charge in [0.15, 0.2) is 0 Å². The molecule has 1 heterocycles. The summed E-state index contributed by atoms with van der Waals surface area (Å²) < 4.78 is 13.1. The average Bonchev–Trinajstić information content (AvgIpc) is 2.40. The van der Waals surface area contributed by atoms with Crippen molar-refractivity contribution in [2.24, 2.45) is 11.8 Å². The molecule has 0 aliphatic carbocycles. The summed E-state index contributed by atoms with van der Waals surface area (Å²) in [6, 6.07) is 10.8. The maximum atomic E-state index is 6.19. The molecule has 0 saturated carbocycles. The van der Waals surface area contributed by atoms with E-state index in [9.17, 15) is 0 Å². The predicted octanol–water partition coefficient (Wildman–Crippen LogP) is 2.86. The Morgan fingerprint density at radius 3 is 2.53 bits per heavy atom. The van der Waals surface area contributed by atoms with E-state index in [-0.39, 0.29) is 6.29 Å². The molecule has 0 bridgehead atoms. The second kappa shape index (κ2) is 6.90. The van der Waals surface area contributed by atoms with Crippen molar-refractivity contribution >= 4 is 19.4 Å². The zero-order chi connectivity index (χ0) is 13.8. The average molecular weight is 327 g/mol. The van der Waals surface area contributed by atoms with Gasteiger partial charge in [0.1, 0.15) is 0 Å². The van der Waals surface area contributed by atoms with Gasteiger partial charge in [-0.05, 0) is 0 Å². The van der Waals surface area contributed by atoms with Crippen LogP contribution in [0.3, 0.4) is 0 Å². The standard InChI is InChI=1S/C16H24O2Se/c1-11-10-12(2)16(17-4)18-15(11)13(3)19-14-8-6-5-7-9-14/h5-9,11-13,15-16H,10H2,1-4H3/t11-,12+,13-,15-,16?/m1/s1. The van der Waals surface area contributed by atoms with Crippen LogP contribution < -0.4 is 4.46 Å². The van der Waals surface area contributed by atoms with Crippen LogP contribution in [0.2, 0.25) is 4.82 Å². The van der Waals surface area contributed by atoms with Gasteiger partial charge in [-0.2, -0.15) is 0 Å². The summed E-state index contributed by atoms with van der Waals surface area (Å²) in [5.74, 6) is 1.11. The van der Waals surface area contributed by atoms with Crippen molar-refractivity contribution in [3.8, 4) is 0 Å². The molecule has 0 spiro atoms. The van der Waals surface area contributed by atoms with Crippen LogP contribution >= 0.6 is 0 Å². The van der Waals surface area contributed by atoms with Gasteiger partial charge < -0.3 is 0 Å². The van der Waals surface area contributed by atoms with Gasteiger partial charge in [0.25, 0.3) is 0 Å². The number of rotatable bonds is 4. The first-order chi connectivity index (χ1) is 9.11. The van der Waals surface area contributed by atoms with E-state index in [2.05, 4.69) is 51.1 Å². The first-order valence-corrected chi connectivity index (χ1v) is 8.86. The molecular formula is C16H24O2Se. The molecule has 1 aliphatic rings. The topological polar surface area (TPSA) is 18.5 Å². The van der Waals surface area contributed by atoms with E-state index in [1.54, 1.807) is 7.11 Å². The monoisotopic (exact) mass is 328 g/mol. The van der Waals surface area contributed by atoms with Gasteiger partial charge >= 0.3 is 123 Å². The van der Waals surface area contributed by atoms with Gasteiger partial charge in [-0.25, -0.2) is 0 Å². The molecule has 1 saturated heterocycles. The van der Waals surface area contributed by atoms with E-state index in [4.69, 9.17) is 9.47 Å². The van der Waals surface area contributed by atoms with Crippen LogP contribution in [0, 0.1) is 11.8 Å². The van der Waals surface area contributed by atoms with Crippen LogP contribution in [0.25, 0.3) is 0 Å². The minimum absolute atomic E-state index is 0.0322. The van der Waals surface area contributed by atoms with Crippen molar-refractivity contribution in [2.75, 3.05) is 7.11 Å². The molecule has 1 aromatic rings. The van der Waals surface area contributed by atoms with E-state index in [1.165, 1.54) is 10.9 Å². The van der Waals surface area contributed by atoms with Crippen molar-refractivity contribution in [1.82, 2.24) is 0 Å². The van der Waals surface area contributed by atoms with Crippen molar-refractivity contribution in [3.05, 3.63) is 30.3 Å². The molecule has 0 amide bonds. The first kappa shape index (κ1) is 15.1. The molecule has 0 N–H and O–H groups in total. The number of ether oxygens (including phenoxy) is 2. The van der Waals surface area contributed by atoms with Gasteiger partial charge in [0.05, 0.1) is 0 Å². The molecule has 19 heavy (non-hydrogen) atoms. The molecule has 5 atom stereocenters. The van der Waals surface area contributed by atoms with Crippen molar-refractivity contribution in [1.29, 1.82) is 0 Å². The summed E-state index contributed by atoms with van der Waals surface area (Å²) in [5, 5.41) is 0. The minimum atomic E-state index is -0.0322. The first-order valence-electron chi connectivity index (χ1n) is 7.01. The Bertz CT molecular complexity index is 382. The molecule has 1 unspecified atom stereocenters. The molecule has 0 aromatic heterocycles. The Morgan fingerprint density at radius 2 is 1.89 bits per heavy atom. The molecule has 106 valence electrons. The molecular weight excluding hydrogens is 303 g/mol. The van der Waals surface area contributed by atoms with E-state index in [1.807, 2.05) is 0 Å². The molecule has 0 radical (unpaired) electrons. The molecule has 2 rings (SSSR count). The Labute approximate surface area is 123 Å². The molecule has 1 aromatic carbocycles. The van der Waals surface area contributed by atoms with Gasteiger partial charge in [0, 0.05) is 0 Å². The van der Waals surface area contributed by atoms with Crippen LogP contribution in [0.4, 0.5) is 0 Å². The summed E-state index contributed by atoms with van der Waals surface area (Å²) in [4.78, 5) is 0.579. The summed E-state index contributed by atoms with van der Waals surface area (Å²) in [7, 11) is 1.75. The third kappa shape index (κ3) is 3.82. The number of hydrogen-bond acceptors (Lipinski definition) is 2. The summed E-state index contributed by atoms with van der Waals surface area (Å²) in [6.45, 7) is 6.84. The Balaban J connectivity index is 1.99. The van der Waals surface area contributed by atoms with E-state index in [0.29, 0.717) is 37.7 Å². The second-order valence-corrected chi connectivity index (χ2v) is 8.57. The fourth-order valence-corrected chi connectivity index (χ4v) is 5.44. The fourth-order valence-electron chi connectivity index (χ4n) is 2.90. The number of benzene rings is 1. The fraction of sp³-hybridized carbons (Fsp3) is 0.625. The summed E-state index contributed by atoms with van der Waals surface area (Å²) in [6.07, 6.45) is 1.48. The van der Waals surface area contributed by atoms with Crippen LogP contribution in [-0.4, -0.2) is 34.5 Å². The van der Waals surface area contributed by atoms with Gasteiger partial charge in [-0.1, -0.05) is 0 Å². The third-order valence-corrected chi connectivity index (χ3v) is 6.31. The zero-order valence-corrected chi connectivity index (χ0v) is 13.9. The Kier molecular flexibility index (Phi) is 5.46. The third-order valence-electron chi connectivity index (χ3n) is 3.82. The molecule has 1 fully saturated rings. The van der Waals surface area contributed by atoms with Gasteiger partial charge in [0.2, 0.25) is 0 Å². The van der Waals surface area contributed by atoms with Crippen molar-refractivity contribution in [3.63, 3.8) is 0 Å². The van der Waals surface area contributed by atoms with Crippen LogP contribution in [0.15, 0.2) is 30.3 Å². The summed E-state index contributed by atoms with van der Waals surface area (Å²) >= 11 is 0.457. The van der Waals surface area contributed by atoms with Crippen molar-refractivity contribution in [2.45, 2.75) is 44.4 Å². The maximum absolute atomic E-state index is 6.19. The number of hydrogen-bond donors (Lipinski definition) is 0. The molecule has 1 aliphatic heterocycles. The van der Waals surface area contributed by atoms with Gasteiger partial charge in [-0.3, -0.25) is 0 Å². The van der Waals surface area contributed by atoms with E-state index >= 15 is 0 Å². The Hall–Kier alpha value is -0.341. The summed E-state index contributed by atoms with van der Waals surface area (Å²) in [5.41, 5.74) is 0. The van der Waals surface area contributed by atoms with Crippen molar-refractivity contribution < 1.29 is 9.47 Å². The SMILES string of the molecule is COC1O[C@@H]([C@@H](C)[Se]c2ccccc2)[C@H](C)C[C@@H]1C. The predicted molar refractivity (Wildman–Crippen MR) is 79.9 cm³/mol. The van der Waals surface area contributed by atoms with Gasteiger partial charge in [-0.15, -0.1) is 0 Å².